The number of anilines is 6. The Hall–Kier alpha value is -9.08. The third-order valence-electron chi connectivity index (χ3n) is 14.7. The van der Waals surface area contributed by atoms with Gasteiger partial charge in [-0.15, -0.1) is 0 Å². The molecule has 0 saturated heterocycles. The van der Waals surface area contributed by atoms with Crippen LogP contribution in [-0.2, 0) is 19.7 Å². The third-order valence-corrected chi connectivity index (χ3v) is 18.5. The highest BCUT2D eigenvalue weighted by molar-refractivity contribution is 7.92. The van der Waals surface area contributed by atoms with E-state index in [1.54, 1.807) is 0 Å². The number of rotatable bonds is 8. The monoisotopic (exact) mass is 990 g/mol. The number of fused-ring (bicyclic) bond motifs is 11. The number of nitrogens with zero attached hydrogens (tertiary/aromatic N) is 2. The molecule has 12 aromatic rings. The van der Waals surface area contributed by atoms with Crippen molar-refractivity contribution in [1.29, 1.82) is 0 Å². The van der Waals surface area contributed by atoms with Gasteiger partial charge in [-0.1, -0.05) is 206 Å². The largest absolute Gasteiger partial charge is 0.308 e. The molecule has 14 rings (SSSR count). The SMILES string of the molecule is O=S1(=O)c2c(-c3ccccc3)cccc2-c2cccc(N(c3ccccc3)c3cc4cc(N(c5ccccc5)c5cccc6c5S(=O)(=O)c5c(-c7ccccc7)cccc5-6)c5ccccc5c4c4ccccc34)c21. The second-order valence-electron chi connectivity index (χ2n) is 18.7. The van der Waals surface area contributed by atoms with Gasteiger partial charge in [-0.25, -0.2) is 16.8 Å². The lowest BCUT2D eigenvalue weighted by molar-refractivity contribution is 0.597. The average Bonchev–Trinajstić information content (AvgIpc) is 3.86. The van der Waals surface area contributed by atoms with Crippen LogP contribution in [0.2, 0.25) is 0 Å². The zero-order chi connectivity index (χ0) is 49.7. The normalized spacial score (nSPS) is 13.6. The first-order chi connectivity index (χ1) is 36.3. The Morgan fingerprint density at radius 1 is 0.257 bits per heavy atom. The standard InChI is InChI=1S/C66H42N2O4S2/c69-73(70)63-48(43-21-5-1-6-22-43)33-17-35-54(63)56-37-19-39-58(65(56)73)67(46-25-9-3-10-26-46)60-41-45-42-61(51-30-14-16-32-53(51)62(45)52-31-15-13-29-50(52)60)68(47-27-11-4-12-28-47)59-40-20-38-57-55-36-18-34-49(44-23-7-2-8-24-44)64(55)74(71,72)66(57)59/h1-42H. The molecule has 0 aliphatic carbocycles. The zero-order valence-corrected chi connectivity index (χ0v) is 41.2. The van der Waals surface area contributed by atoms with Crippen LogP contribution in [0.4, 0.5) is 34.1 Å². The molecular formula is C66H42N2O4S2. The highest BCUT2D eigenvalue weighted by atomic mass is 32.2. The van der Waals surface area contributed by atoms with Crippen molar-refractivity contribution in [3.63, 3.8) is 0 Å². The van der Waals surface area contributed by atoms with Crippen LogP contribution in [0.15, 0.2) is 274 Å². The van der Waals surface area contributed by atoms with Crippen LogP contribution >= 0.6 is 0 Å². The Morgan fingerprint density at radius 2 is 0.568 bits per heavy atom. The summed E-state index contributed by atoms with van der Waals surface area (Å²) in [5.41, 5.74) is 9.80. The van der Waals surface area contributed by atoms with Crippen molar-refractivity contribution in [1.82, 2.24) is 0 Å². The predicted octanol–water partition coefficient (Wildman–Crippen LogP) is 17.0. The predicted molar refractivity (Wildman–Crippen MR) is 301 cm³/mol. The summed E-state index contributed by atoms with van der Waals surface area (Å²) in [6.07, 6.45) is 0. The van der Waals surface area contributed by atoms with Crippen molar-refractivity contribution >= 4 is 86.1 Å². The van der Waals surface area contributed by atoms with Gasteiger partial charge in [-0.05, 0) is 81.2 Å². The molecule has 12 aromatic carbocycles. The first-order valence-electron chi connectivity index (χ1n) is 24.5. The molecule has 0 bridgehead atoms. The molecule has 8 heteroatoms. The molecule has 0 aromatic heterocycles. The molecule has 2 heterocycles. The minimum atomic E-state index is -4.09. The summed E-state index contributed by atoms with van der Waals surface area (Å²) >= 11 is 0. The van der Waals surface area contributed by atoms with E-state index in [1.165, 1.54) is 0 Å². The summed E-state index contributed by atoms with van der Waals surface area (Å²) in [5.74, 6) is 0. The molecule has 352 valence electrons. The summed E-state index contributed by atoms with van der Waals surface area (Å²) in [4.78, 5) is 5.28. The molecular weight excluding hydrogens is 949 g/mol. The summed E-state index contributed by atoms with van der Waals surface area (Å²) in [6.45, 7) is 0. The first kappa shape index (κ1) is 43.7. The Labute approximate surface area is 429 Å². The first-order valence-corrected chi connectivity index (χ1v) is 27.5. The van der Waals surface area contributed by atoms with Gasteiger partial charge in [0, 0.05) is 55.5 Å². The molecule has 2 aliphatic rings. The third kappa shape index (κ3) is 6.48. The Kier molecular flexibility index (Phi) is 9.89. The maximum absolute atomic E-state index is 15.5. The Morgan fingerprint density at radius 3 is 0.959 bits per heavy atom. The number of sulfone groups is 2. The quantitative estimate of drug-likeness (QED) is 0.141. The lowest BCUT2D eigenvalue weighted by atomic mass is 9.92. The van der Waals surface area contributed by atoms with E-state index in [2.05, 4.69) is 46.2 Å². The van der Waals surface area contributed by atoms with E-state index < -0.39 is 19.7 Å². The van der Waals surface area contributed by atoms with Crippen molar-refractivity contribution in [2.75, 3.05) is 9.80 Å². The molecule has 0 saturated carbocycles. The summed E-state index contributed by atoms with van der Waals surface area (Å²) in [6, 6.07) is 83.3. The van der Waals surface area contributed by atoms with Gasteiger partial charge in [0.25, 0.3) is 0 Å². The summed E-state index contributed by atoms with van der Waals surface area (Å²) in [5, 5.41) is 5.71. The zero-order valence-electron chi connectivity index (χ0n) is 39.6. The van der Waals surface area contributed by atoms with Crippen molar-refractivity contribution < 1.29 is 16.8 Å². The van der Waals surface area contributed by atoms with E-state index in [-0.39, 0.29) is 9.79 Å². The van der Waals surface area contributed by atoms with Crippen molar-refractivity contribution in [3.05, 3.63) is 255 Å². The Balaban J connectivity index is 1.04. The fraction of sp³-hybridized carbons (Fsp3) is 0. The second-order valence-corrected chi connectivity index (χ2v) is 22.4. The van der Waals surface area contributed by atoms with Gasteiger partial charge in [0.05, 0.1) is 32.5 Å². The van der Waals surface area contributed by atoms with Crippen LogP contribution < -0.4 is 9.80 Å². The lowest BCUT2D eigenvalue weighted by Gasteiger charge is -2.31. The molecule has 0 spiro atoms. The van der Waals surface area contributed by atoms with Crippen molar-refractivity contribution in [2.24, 2.45) is 0 Å². The van der Waals surface area contributed by atoms with Gasteiger partial charge in [-0.3, -0.25) is 0 Å². The van der Waals surface area contributed by atoms with Gasteiger partial charge >= 0.3 is 0 Å². The minimum absolute atomic E-state index is 0.247. The maximum Gasteiger partial charge on any atom is 0.210 e. The van der Waals surface area contributed by atoms with E-state index >= 15 is 16.8 Å². The molecule has 0 atom stereocenters. The smallest absolute Gasteiger partial charge is 0.210 e. The van der Waals surface area contributed by atoms with E-state index in [4.69, 9.17) is 0 Å². The van der Waals surface area contributed by atoms with Crippen LogP contribution in [0.1, 0.15) is 0 Å². The molecule has 0 radical (unpaired) electrons. The Bertz CT molecular complexity index is 4220. The van der Waals surface area contributed by atoms with Crippen molar-refractivity contribution in [2.45, 2.75) is 19.6 Å². The fourth-order valence-corrected chi connectivity index (χ4v) is 15.7. The molecule has 0 N–H and O–H groups in total. The molecule has 0 unspecified atom stereocenters. The molecule has 0 fully saturated rings. The fourth-order valence-electron chi connectivity index (χ4n) is 11.6. The van der Waals surface area contributed by atoms with Gasteiger partial charge in [0.2, 0.25) is 19.7 Å². The van der Waals surface area contributed by atoms with Crippen molar-refractivity contribution in [3.8, 4) is 44.5 Å². The second kappa shape index (κ2) is 16.7. The van der Waals surface area contributed by atoms with Crippen LogP contribution in [-0.4, -0.2) is 16.8 Å². The number of hydrogen-bond donors (Lipinski definition) is 0. The van der Waals surface area contributed by atoms with Crippen LogP contribution in [0.5, 0.6) is 0 Å². The van der Waals surface area contributed by atoms with Crippen LogP contribution in [0, 0.1) is 0 Å². The summed E-state index contributed by atoms with van der Waals surface area (Å²) < 4.78 is 61.9. The highest BCUT2D eigenvalue weighted by Gasteiger charge is 2.41. The number of para-hydroxylation sites is 2. The minimum Gasteiger partial charge on any atom is -0.308 e. The topological polar surface area (TPSA) is 74.8 Å². The van der Waals surface area contributed by atoms with E-state index in [1.807, 2.05) is 218 Å². The van der Waals surface area contributed by atoms with Gasteiger partial charge < -0.3 is 9.80 Å². The molecule has 2 aliphatic heterocycles. The van der Waals surface area contributed by atoms with Gasteiger partial charge in [-0.2, -0.15) is 0 Å². The number of benzene rings is 12. The average molecular weight is 991 g/mol. The van der Waals surface area contributed by atoms with E-state index in [0.717, 1.165) is 66.2 Å². The van der Waals surface area contributed by atoms with E-state index in [0.29, 0.717) is 54.5 Å². The summed E-state index contributed by atoms with van der Waals surface area (Å²) in [7, 11) is -8.18. The van der Waals surface area contributed by atoms with Crippen LogP contribution in [0.3, 0.4) is 0 Å². The van der Waals surface area contributed by atoms with Crippen LogP contribution in [0.25, 0.3) is 76.8 Å². The number of hydrogen-bond acceptors (Lipinski definition) is 6. The van der Waals surface area contributed by atoms with Gasteiger partial charge in [0.1, 0.15) is 9.79 Å². The maximum atomic E-state index is 15.5. The van der Waals surface area contributed by atoms with E-state index in [9.17, 15) is 0 Å². The highest BCUT2D eigenvalue weighted by Crippen LogP contribution is 2.57. The molecule has 74 heavy (non-hydrogen) atoms. The molecule has 0 amide bonds. The molecule has 6 nitrogen and oxygen atoms in total. The van der Waals surface area contributed by atoms with Gasteiger partial charge in [0.15, 0.2) is 0 Å². The lowest BCUT2D eigenvalue weighted by Crippen LogP contribution is -2.15.